The summed E-state index contributed by atoms with van der Waals surface area (Å²) >= 11 is 6.37. The van der Waals surface area contributed by atoms with Crippen LogP contribution in [0.5, 0.6) is 0 Å². The Labute approximate surface area is 116 Å². The summed E-state index contributed by atoms with van der Waals surface area (Å²) in [7, 11) is 0. The summed E-state index contributed by atoms with van der Waals surface area (Å²) in [6.45, 7) is 1.07. The zero-order valence-corrected chi connectivity index (χ0v) is 11.6. The minimum absolute atomic E-state index is 0.0549. The van der Waals surface area contributed by atoms with Gasteiger partial charge < -0.3 is 10.2 Å². The van der Waals surface area contributed by atoms with Crippen LogP contribution in [0.2, 0.25) is 0 Å². The molecule has 1 fully saturated rings. The van der Waals surface area contributed by atoms with Crippen molar-refractivity contribution in [2.45, 2.75) is 25.7 Å². The van der Waals surface area contributed by atoms with Gasteiger partial charge in [-0.05, 0) is 43.5 Å². The molecular weight excluding hydrogens is 264 g/mol. The largest absolute Gasteiger partial charge is 0.351 e. The molecule has 0 radical (unpaired) electrons. The molecule has 2 heterocycles. The highest BCUT2D eigenvalue weighted by Crippen LogP contribution is 2.34. The van der Waals surface area contributed by atoms with Crippen LogP contribution in [0.15, 0.2) is 34.5 Å². The number of carbonyl (C=O) groups is 1. The van der Waals surface area contributed by atoms with E-state index in [1.54, 1.807) is 0 Å². The molecule has 18 heavy (non-hydrogen) atoms. The molecule has 0 bridgehead atoms. The van der Waals surface area contributed by atoms with Crippen molar-refractivity contribution >= 4 is 34.2 Å². The first-order chi connectivity index (χ1) is 8.74. The summed E-state index contributed by atoms with van der Waals surface area (Å²) in [5.74, 6) is -0.0549. The van der Waals surface area contributed by atoms with Crippen molar-refractivity contribution in [2.75, 3.05) is 6.54 Å². The molecule has 3 nitrogen and oxygen atoms in total. The first-order valence-electron chi connectivity index (χ1n) is 6.14. The maximum Gasteiger partial charge on any atom is 0.263 e. The Morgan fingerprint density at radius 1 is 1.44 bits per heavy atom. The highest BCUT2D eigenvalue weighted by Gasteiger charge is 2.25. The van der Waals surface area contributed by atoms with Crippen LogP contribution in [0.4, 0.5) is 0 Å². The smallest absolute Gasteiger partial charge is 0.263 e. The topological polar surface area (TPSA) is 32.3 Å². The molecule has 1 saturated heterocycles. The Hall–Kier alpha value is -1.07. The van der Waals surface area contributed by atoms with E-state index in [9.17, 15) is 4.79 Å². The van der Waals surface area contributed by atoms with Crippen molar-refractivity contribution in [2.24, 2.45) is 0 Å². The van der Waals surface area contributed by atoms with Gasteiger partial charge in [-0.15, -0.1) is 0 Å². The van der Waals surface area contributed by atoms with Gasteiger partial charge in [-0.25, -0.2) is 0 Å². The molecule has 0 aromatic rings. The van der Waals surface area contributed by atoms with E-state index in [0.29, 0.717) is 4.32 Å². The van der Waals surface area contributed by atoms with Gasteiger partial charge in [0.15, 0.2) is 0 Å². The van der Waals surface area contributed by atoms with Crippen molar-refractivity contribution in [1.82, 2.24) is 10.2 Å². The molecule has 0 aromatic heterocycles. The van der Waals surface area contributed by atoms with Gasteiger partial charge >= 0.3 is 0 Å². The highest BCUT2D eigenvalue weighted by molar-refractivity contribution is 8.26. The molecule has 5 heteroatoms. The molecule has 0 saturated carbocycles. The standard InChI is InChI=1S/C13H14N2OS2/c16-12-11(18-13(17)14-12)8-9-4-3-5-10(9)15-6-1-2-7-15/h1,6,8H,2-5,7H2,(H,14,16,17). The Morgan fingerprint density at radius 3 is 3.00 bits per heavy atom. The van der Waals surface area contributed by atoms with E-state index in [1.165, 1.54) is 29.5 Å². The molecule has 3 aliphatic rings. The number of thiocarbonyl (C=S) groups is 1. The van der Waals surface area contributed by atoms with Gasteiger partial charge in [0, 0.05) is 12.2 Å². The van der Waals surface area contributed by atoms with Gasteiger partial charge in [0.1, 0.15) is 4.32 Å². The number of hydrogen-bond donors (Lipinski definition) is 1. The summed E-state index contributed by atoms with van der Waals surface area (Å²) in [6, 6.07) is 0. The summed E-state index contributed by atoms with van der Waals surface area (Å²) < 4.78 is 0.562. The minimum atomic E-state index is -0.0549. The molecule has 0 spiro atoms. The van der Waals surface area contributed by atoms with Crippen molar-refractivity contribution in [3.63, 3.8) is 0 Å². The summed E-state index contributed by atoms with van der Waals surface area (Å²) in [6.07, 6.45) is 10.8. The summed E-state index contributed by atoms with van der Waals surface area (Å²) in [5.41, 5.74) is 2.67. The highest BCUT2D eigenvalue weighted by atomic mass is 32.2. The second-order valence-electron chi connectivity index (χ2n) is 4.54. The number of allylic oxidation sites excluding steroid dienone is 3. The Morgan fingerprint density at radius 2 is 2.33 bits per heavy atom. The monoisotopic (exact) mass is 278 g/mol. The fourth-order valence-corrected chi connectivity index (χ4v) is 3.58. The predicted octanol–water partition coefficient (Wildman–Crippen LogP) is 2.68. The van der Waals surface area contributed by atoms with E-state index >= 15 is 0 Å². The average Bonchev–Trinajstić information content (AvgIpc) is 3.01. The third kappa shape index (κ3) is 2.24. The lowest BCUT2D eigenvalue weighted by Crippen LogP contribution is -2.18. The number of nitrogens with one attached hydrogen (secondary N) is 1. The summed E-state index contributed by atoms with van der Waals surface area (Å²) in [5, 5.41) is 2.66. The minimum Gasteiger partial charge on any atom is -0.351 e. The number of rotatable bonds is 2. The van der Waals surface area contributed by atoms with Crippen LogP contribution in [0.1, 0.15) is 25.7 Å². The number of hydrogen-bond acceptors (Lipinski definition) is 4. The van der Waals surface area contributed by atoms with Gasteiger partial charge in [0.25, 0.3) is 5.91 Å². The molecular formula is C13H14N2OS2. The molecule has 1 aliphatic carbocycles. The molecule has 2 aliphatic heterocycles. The number of amides is 1. The fraction of sp³-hybridized carbons (Fsp3) is 0.385. The van der Waals surface area contributed by atoms with Gasteiger partial charge in [0.05, 0.1) is 4.91 Å². The maximum absolute atomic E-state index is 11.7. The van der Waals surface area contributed by atoms with Crippen molar-refractivity contribution < 1.29 is 4.79 Å². The second-order valence-corrected chi connectivity index (χ2v) is 6.26. The Bertz CT molecular complexity index is 505. The predicted molar refractivity (Wildman–Crippen MR) is 77.8 cm³/mol. The Kier molecular flexibility index (Phi) is 3.26. The zero-order chi connectivity index (χ0) is 12.5. The molecule has 94 valence electrons. The quantitative estimate of drug-likeness (QED) is 0.622. The maximum atomic E-state index is 11.7. The van der Waals surface area contributed by atoms with Crippen LogP contribution in [-0.4, -0.2) is 21.7 Å². The first kappa shape index (κ1) is 12.0. The third-order valence-corrected chi connectivity index (χ3v) is 4.51. The van der Waals surface area contributed by atoms with Crippen LogP contribution >= 0.6 is 24.0 Å². The molecule has 3 rings (SSSR count). The lowest BCUT2D eigenvalue weighted by atomic mass is 10.2. The second kappa shape index (κ2) is 4.90. The Balaban J connectivity index is 1.88. The van der Waals surface area contributed by atoms with Gasteiger partial charge in [-0.2, -0.15) is 0 Å². The van der Waals surface area contributed by atoms with E-state index in [2.05, 4.69) is 22.5 Å². The van der Waals surface area contributed by atoms with E-state index in [1.807, 2.05) is 6.08 Å². The summed E-state index contributed by atoms with van der Waals surface area (Å²) in [4.78, 5) is 14.7. The van der Waals surface area contributed by atoms with Gasteiger partial charge in [0.2, 0.25) is 0 Å². The van der Waals surface area contributed by atoms with Crippen molar-refractivity contribution in [3.05, 3.63) is 34.5 Å². The molecule has 0 aromatic carbocycles. The SMILES string of the molecule is O=C1NC(=S)SC1=CC1=C(N2C=CCC2)CCC1. The first-order valence-corrected chi connectivity index (χ1v) is 7.37. The molecule has 0 unspecified atom stereocenters. The normalized spacial score (nSPS) is 25.8. The lowest BCUT2D eigenvalue weighted by molar-refractivity contribution is -0.115. The van der Waals surface area contributed by atoms with Crippen LogP contribution in [-0.2, 0) is 4.79 Å². The average molecular weight is 278 g/mol. The van der Waals surface area contributed by atoms with Gasteiger partial charge in [-0.3, -0.25) is 4.79 Å². The number of thioether (sulfide) groups is 1. The van der Waals surface area contributed by atoms with Crippen LogP contribution in [0.25, 0.3) is 0 Å². The third-order valence-electron chi connectivity index (χ3n) is 3.35. The van der Waals surface area contributed by atoms with E-state index < -0.39 is 0 Å². The van der Waals surface area contributed by atoms with Crippen LogP contribution in [0, 0.1) is 0 Å². The molecule has 1 amide bonds. The fourth-order valence-electron chi connectivity index (χ4n) is 2.53. The van der Waals surface area contributed by atoms with Crippen LogP contribution in [0.3, 0.4) is 0 Å². The number of nitrogens with zero attached hydrogens (tertiary/aromatic N) is 1. The molecule has 1 N–H and O–H groups in total. The van der Waals surface area contributed by atoms with E-state index in [4.69, 9.17) is 12.2 Å². The van der Waals surface area contributed by atoms with Crippen LogP contribution < -0.4 is 5.32 Å². The van der Waals surface area contributed by atoms with Crippen molar-refractivity contribution in [1.29, 1.82) is 0 Å². The van der Waals surface area contributed by atoms with Gasteiger partial charge in [-0.1, -0.05) is 30.1 Å². The zero-order valence-electron chi connectivity index (χ0n) is 9.94. The van der Waals surface area contributed by atoms with E-state index in [-0.39, 0.29) is 5.91 Å². The lowest BCUT2D eigenvalue weighted by Gasteiger charge is -2.18. The molecule has 0 atom stereocenters. The number of carbonyl (C=O) groups excluding carboxylic acids is 1. The van der Waals surface area contributed by atoms with E-state index in [0.717, 1.165) is 30.7 Å². The van der Waals surface area contributed by atoms with Crippen molar-refractivity contribution in [3.8, 4) is 0 Å².